The van der Waals surface area contributed by atoms with Crippen LogP contribution in [0.4, 0.5) is 34.1 Å². The summed E-state index contributed by atoms with van der Waals surface area (Å²) >= 11 is 0. The van der Waals surface area contributed by atoms with Crippen LogP contribution < -0.4 is 31.1 Å². The first-order valence-corrected chi connectivity index (χ1v) is 23.5. The Labute approximate surface area is 351 Å². The van der Waals surface area contributed by atoms with Gasteiger partial charge in [-0.05, 0) is 153 Å². The molecule has 0 aromatic heterocycles. The van der Waals surface area contributed by atoms with E-state index in [4.69, 9.17) is 0 Å². The van der Waals surface area contributed by atoms with E-state index in [1.807, 2.05) is 0 Å². The maximum atomic E-state index is 2.95. The van der Waals surface area contributed by atoms with Crippen molar-refractivity contribution < 1.29 is 0 Å². The summed E-state index contributed by atoms with van der Waals surface area (Å²) in [5.74, 6) is 4.00. The van der Waals surface area contributed by atoms with Crippen LogP contribution in [0.3, 0.4) is 0 Å². The Morgan fingerprint density at radius 2 is 1.24 bits per heavy atom. The highest BCUT2D eigenvalue weighted by atomic mass is 15.3. The summed E-state index contributed by atoms with van der Waals surface area (Å²) in [7, 11) is 0. The molecule has 4 heterocycles. The van der Waals surface area contributed by atoms with E-state index in [2.05, 4.69) is 147 Å². The second-order valence-corrected chi connectivity index (χ2v) is 22.9. The van der Waals surface area contributed by atoms with Gasteiger partial charge in [0.05, 0.1) is 16.6 Å². The number of fused-ring (bicyclic) bond motifs is 3. The Balaban J connectivity index is 1.06. The van der Waals surface area contributed by atoms with Crippen molar-refractivity contribution in [3.8, 4) is 0 Å². The molecule has 294 valence electrons. The normalized spacial score (nSPS) is 38.1. The van der Waals surface area contributed by atoms with E-state index >= 15 is 0 Å². The summed E-state index contributed by atoms with van der Waals surface area (Å²) in [5, 5.41) is 0. The van der Waals surface area contributed by atoms with Crippen LogP contribution in [0.25, 0.3) is 0 Å². The largest absolute Gasteiger partial charge is 0.334 e. The maximum Gasteiger partial charge on any atom is 0.252 e. The first-order valence-electron chi connectivity index (χ1n) is 23.5. The summed E-state index contributed by atoms with van der Waals surface area (Å²) in [6.07, 6.45) is 19.6. The van der Waals surface area contributed by atoms with Gasteiger partial charge in [-0.2, -0.15) is 0 Å². The molecular weight excluding hydrogens is 713 g/mol. The number of hydrogen-bond acceptors (Lipinski definition) is 3. The summed E-state index contributed by atoms with van der Waals surface area (Å²) in [4.78, 5) is 8.75. The predicted octanol–water partition coefficient (Wildman–Crippen LogP) is 10.9. The first-order chi connectivity index (χ1) is 28.4. The molecule has 4 saturated carbocycles. The van der Waals surface area contributed by atoms with E-state index in [0.29, 0.717) is 5.92 Å². The first kappa shape index (κ1) is 33.3. The van der Waals surface area contributed by atoms with Gasteiger partial charge in [0.25, 0.3) is 6.71 Å². The molecule has 4 aromatic carbocycles. The third-order valence-electron chi connectivity index (χ3n) is 19.7. The molecule has 4 heteroatoms. The monoisotopic (exact) mass is 769 g/mol. The topological polar surface area (TPSA) is 9.72 Å². The lowest BCUT2D eigenvalue weighted by Crippen LogP contribution is -2.71. The van der Waals surface area contributed by atoms with Crippen molar-refractivity contribution in [3.63, 3.8) is 0 Å². The molecule has 0 radical (unpaired) electrons. The third kappa shape index (κ3) is 3.54. The van der Waals surface area contributed by atoms with E-state index < -0.39 is 0 Å². The minimum absolute atomic E-state index is 0.0142. The second kappa shape index (κ2) is 10.0. The molecular formula is C55H56BN3. The number of para-hydroxylation sites is 1. The molecule has 9 atom stereocenters. The lowest BCUT2D eigenvalue weighted by molar-refractivity contribution is 0.00878. The Morgan fingerprint density at radius 3 is 1.92 bits per heavy atom. The summed E-state index contributed by atoms with van der Waals surface area (Å²) < 4.78 is 0. The van der Waals surface area contributed by atoms with E-state index in [-0.39, 0.29) is 34.2 Å². The smallest absolute Gasteiger partial charge is 0.252 e. The minimum atomic E-state index is -0.138. The number of allylic oxidation sites excluding steroid dienone is 4. The Kier molecular flexibility index (Phi) is 5.65. The highest BCUT2D eigenvalue weighted by Gasteiger charge is 2.62. The van der Waals surface area contributed by atoms with Gasteiger partial charge >= 0.3 is 0 Å². The molecule has 4 aliphatic heterocycles. The zero-order valence-corrected chi connectivity index (χ0v) is 35.8. The summed E-state index contributed by atoms with van der Waals surface area (Å²) in [6, 6.07) is 29.8. The lowest BCUT2D eigenvalue weighted by Gasteiger charge is -2.63. The number of hydrogen-bond donors (Lipinski definition) is 0. The van der Waals surface area contributed by atoms with Crippen LogP contribution in [0.15, 0.2) is 108 Å². The molecule has 0 spiro atoms. The van der Waals surface area contributed by atoms with Gasteiger partial charge in [-0.1, -0.05) is 111 Å². The number of rotatable bonds is 3. The van der Waals surface area contributed by atoms with Gasteiger partial charge in [-0.15, -0.1) is 0 Å². The molecule has 11 aliphatic rings. The van der Waals surface area contributed by atoms with Gasteiger partial charge in [0.1, 0.15) is 0 Å². The van der Waals surface area contributed by atoms with Crippen molar-refractivity contribution in [2.45, 2.75) is 127 Å². The third-order valence-corrected chi connectivity index (χ3v) is 19.7. The highest BCUT2D eigenvalue weighted by molar-refractivity contribution is 7.01. The van der Waals surface area contributed by atoms with Crippen molar-refractivity contribution in [1.82, 2.24) is 0 Å². The van der Waals surface area contributed by atoms with E-state index in [1.54, 1.807) is 38.7 Å². The van der Waals surface area contributed by atoms with Crippen molar-refractivity contribution in [1.29, 1.82) is 0 Å². The molecule has 59 heavy (non-hydrogen) atoms. The van der Waals surface area contributed by atoms with E-state index in [9.17, 15) is 0 Å². The van der Waals surface area contributed by atoms with Crippen LogP contribution in [0.5, 0.6) is 0 Å². The molecule has 0 N–H and O–H groups in total. The van der Waals surface area contributed by atoms with Crippen LogP contribution in [0, 0.1) is 29.6 Å². The van der Waals surface area contributed by atoms with Crippen molar-refractivity contribution in [2.75, 3.05) is 14.7 Å². The summed E-state index contributed by atoms with van der Waals surface area (Å²) in [6.45, 7) is 15.7. The Hall–Kier alpha value is -4.44. The molecule has 0 bridgehead atoms. The Bertz CT molecular complexity index is 2700. The quantitative estimate of drug-likeness (QED) is 0.152. The zero-order chi connectivity index (χ0) is 39.3. The second-order valence-electron chi connectivity index (χ2n) is 22.9. The molecule has 0 saturated heterocycles. The van der Waals surface area contributed by atoms with Crippen molar-refractivity contribution in [2.24, 2.45) is 29.6 Å². The van der Waals surface area contributed by atoms with Crippen molar-refractivity contribution in [3.05, 3.63) is 124 Å². The van der Waals surface area contributed by atoms with Crippen LogP contribution >= 0.6 is 0 Å². The molecule has 15 rings (SSSR count). The van der Waals surface area contributed by atoms with Gasteiger partial charge in [0.15, 0.2) is 0 Å². The van der Waals surface area contributed by atoms with Crippen molar-refractivity contribution >= 4 is 57.2 Å². The number of nitrogens with zero attached hydrogens (tertiary/aromatic N) is 3. The number of benzene rings is 4. The summed E-state index contributed by atoms with van der Waals surface area (Å²) in [5.41, 5.74) is 22.9. The van der Waals surface area contributed by atoms with Crippen LogP contribution in [0.1, 0.15) is 116 Å². The van der Waals surface area contributed by atoms with Crippen LogP contribution in [-0.2, 0) is 10.8 Å². The highest BCUT2D eigenvalue weighted by Crippen LogP contribution is 2.66. The average molecular weight is 770 g/mol. The molecule has 0 amide bonds. The SMILES string of the molecule is CC1(C)c2cccc3c2B2c4c(cc(N5c6ccccc6C6(C)CCCCC56C)cc4N(C4(C)C=C5CC6CC(C4)C56)c4cccc1c42)N3C1(C)C=C2CC3=CC(C1)C32. The van der Waals surface area contributed by atoms with Gasteiger partial charge in [0, 0.05) is 50.9 Å². The average Bonchev–Trinajstić information content (AvgIpc) is 3.39. The molecule has 7 aliphatic carbocycles. The van der Waals surface area contributed by atoms with Crippen LogP contribution in [0.2, 0.25) is 0 Å². The van der Waals surface area contributed by atoms with Gasteiger partial charge < -0.3 is 14.7 Å². The van der Waals surface area contributed by atoms with E-state index in [1.165, 1.54) is 103 Å². The molecule has 4 aromatic rings. The minimum Gasteiger partial charge on any atom is -0.334 e. The van der Waals surface area contributed by atoms with Gasteiger partial charge in [0.2, 0.25) is 0 Å². The fourth-order valence-corrected chi connectivity index (χ4v) is 17.0. The maximum absolute atomic E-state index is 2.95. The van der Waals surface area contributed by atoms with Crippen LogP contribution in [-0.4, -0.2) is 23.3 Å². The lowest BCUT2D eigenvalue weighted by atomic mass is 9.28. The number of anilines is 6. The van der Waals surface area contributed by atoms with Gasteiger partial charge in [-0.3, -0.25) is 0 Å². The molecule has 9 unspecified atom stereocenters. The van der Waals surface area contributed by atoms with E-state index in [0.717, 1.165) is 23.7 Å². The predicted molar refractivity (Wildman–Crippen MR) is 245 cm³/mol. The van der Waals surface area contributed by atoms with Gasteiger partial charge in [-0.25, -0.2) is 0 Å². The molecule has 4 fully saturated rings. The zero-order valence-electron chi connectivity index (χ0n) is 35.8. The fourth-order valence-electron chi connectivity index (χ4n) is 17.0. The Morgan fingerprint density at radius 1 is 0.593 bits per heavy atom. The fraction of sp³-hybridized carbons (Fsp3) is 0.455. The molecule has 3 nitrogen and oxygen atoms in total. The standard InChI is InChI=1S/C55H56BN3/c1-51(2)39-14-11-17-42-48(39)56-49-40(51)15-12-18-43(49)59(53(4)29-35-23-32-24-36(30-53)47(32)35)45-26-37(57-41-16-8-7-13-38(41)54(5)19-9-10-20-55(54,57)6)25-44(50(45)56)58(42)52(3)27-33-21-31-22-34(28-52)46(31)33/h7-8,11-18,21,25-26,28-29,32-33,36,46-47H,9-10,19-20,22-24,27,30H2,1-6H3.